The van der Waals surface area contributed by atoms with E-state index in [2.05, 4.69) is 32.9 Å². The van der Waals surface area contributed by atoms with Gasteiger partial charge in [-0.2, -0.15) is 0 Å². The summed E-state index contributed by atoms with van der Waals surface area (Å²) in [5, 5.41) is 0. The summed E-state index contributed by atoms with van der Waals surface area (Å²) >= 11 is 0. The average molecular weight is 889 g/mol. The van der Waals surface area contributed by atoms with Gasteiger partial charge in [0.05, 0.1) is 0 Å². The van der Waals surface area contributed by atoms with Gasteiger partial charge in [-0.05, 0) is 44.9 Å². The molecule has 0 unspecified atom stereocenters. The van der Waals surface area contributed by atoms with Crippen molar-refractivity contribution >= 4 is 17.9 Å². The molecule has 0 aromatic rings. The zero-order valence-corrected chi connectivity index (χ0v) is 42.6. The third-order valence-electron chi connectivity index (χ3n) is 12.8. The molecule has 6 heteroatoms. The molecule has 6 nitrogen and oxygen atoms in total. The fourth-order valence-corrected chi connectivity index (χ4v) is 8.50. The molecule has 0 saturated carbocycles. The van der Waals surface area contributed by atoms with Crippen molar-refractivity contribution in [2.24, 2.45) is 0 Å². The number of hydrogen-bond donors (Lipinski definition) is 0. The van der Waals surface area contributed by atoms with Crippen LogP contribution in [0.2, 0.25) is 0 Å². The average Bonchev–Trinajstić information content (AvgIpc) is 3.28. The van der Waals surface area contributed by atoms with E-state index in [0.29, 0.717) is 19.3 Å². The second-order valence-electron chi connectivity index (χ2n) is 19.2. The molecule has 1 atom stereocenters. The first-order valence-corrected chi connectivity index (χ1v) is 28.2. The molecular weight excluding hydrogens is 781 g/mol. The van der Waals surface area contributed by atoms with Crippen LogP contribution in [0.4, 0.5) is 0 Å². The summed E-state index contributed by atoms with van der Waals surface area (Å²) in [6.07, 6.45) is 59.1. The van der Waals surface area contributed by atoms with Crippen LogP contribution in [-0.2, 0) is 28.6 Å². The Kier molecular flexibility index (Phi) is 51.2. The lowest BCUT2D eigenvalue weighted by molar-refractivity contribution is -0.167. The van der Waals surface area contributed by atoms with E-state index >= 15 is 0 Å². The van der Waals surface area contributed by atoms with Crippen molar-refractivity contribution < 1.29 is 28.6 Å². The Balaban J connectivity index is 4.31. The van der Waals surface area contributed by atoms with Gasteiger partial charge in [0.1, 0.15) is 13.2 Å². The quantitative estimate of drug-likeness (QED) is 0.0262. The molecule has 0 aromatic heterocycles. The maximum atomic E-state index is 12.8. The third-order valence-corrected chi connectivity index (χ3v) is 12.8. The molecule has 0 aliphatic rings. The number of carbonyl (C=O) groups is 3. The van der Waals surface area contributed by atoms with E-state index in [1.165, 1.54) is 218 Å². The van der Waals surface area contributed by atoms with Gasteiger partial charge in [-0.3, -0.25) is 14.4 Å². The summed E-state index contributed by atoms with van der Waals surface area (Å²) in [5.74, 6) is -0.847. The molecule has 372 valence electrons. The topological polar surface area (TPSA) is 78.9 Å². The van der Waals surface area contributed by atoms with E-state index in [1.54, 1.807) is 0 Å². The summed E-state index contributed by atoms with van der Waals surface area (Å²) in [4.78, 5) is 38.1. The van der Waals surface area contributed by atoms with Crippen LogP contribution in [0, 0.1) is 0 Å². The summed E-state index contributed by atoms with van der Waals surface area (Å²) in [7, 11) is 0. The standard InChI is InChI=1S/C57H108O6/c1-4-7-10-13-16-19-22-25-28-29-30-33-35-38-41-44-47-50-56(59)62-53-54(63-57(60)51-48-45-42-39-36-32-27-24-21-18-15-12-9-6-3)52-61-55(58)49-46-43-40-37-34-31-26-23-20-17-14-11-8-5-2/h25,28,54H,4-24,26-27,29-53H2,1-3H3/b28-25-/t54-/m1/s1. The number of ether oxygens (including phenoxy) is 3. The zero-order chi connectivity index (χ0) is 45.8. The minimum absolute atomic E-state index is 0.0654. The third kappa shape index (κ3) is 51.0. The molecule has 0 amide bonds. The van der Waals surface area contributed by atoms with Crippen molar-refractivity contribution in [3.63, 3.8) is 0 Å². The molecule has 0 aliphatic carbocycles. The van der Waals surface area contributed by atoms with Gasteiger partial charge in [0, 0.05) is 19.3 Å². The highest BCUT2D eigenvalue weighted by molar-refractivity contribution is 5.71. The monoisotopic (exact) mass is 889 g/mol. The number of allylic oxidation sites excluding steroid dienone is 2. The summed E-state index contributed by atoms with van der Waals surface area (Å²) in [5.41, 5.74) is 0. The van der Waals surface area contributed by atoms with Gasteiger partial charge in [-0.1, -0.05) is 264 Å². The highest BCUT2D eigenvalue weighted by Crippen LogP contribution is 2.17. The Morgan fingerprint density at radius 2 is 0.524 bits per heavy atom. The molecule has 0 rings (SSSR count). The Morgan fingerprint density at radius 3 is 0.794 bits per heavy atom. The zero-order valence-electron chi connectivity index (χ0n) is 42.6. The second-order valence-corrected chi connectivity index (χ2v) is 19.2. The second kappa shape index (κ2) is 52.8. The van der Waals surface area contributed by atoms with Crippen molar-refractivity contribution in [3.05, 3.63) is 12.2 Å². The van der Waals surface area contributed by atoms with Crippen molar-refractivity contribution in [2.45, 2.75) is 322 Å². The van der Waals surface area contributed by atoms with Crippen LogP contribution in [0.25, 0.3) is 0 Å². The number of rotatable bonds is 52. The van der Waals surface area contributed by atoms with Gasteiger partial charge in [0.2, 0.25) is 0 Å². The maximum Gasteiger partial charge on any atom is 0.306 e. The van der Waals surface area contributed by atoms with Crippen LogP contribution in [0.15, 0.2) is 12.2 Å². The molecule has 0 heterocycles. The first-order chi connectivity index (χ1) is 31.0. The van der Waals surface area contributed by atoms with E-state index in [0.717, 1.165) is 57.8 Å². The predicted octanol–water partition coefficient (Wildman–Crippen LogP) is 18.5. The molecule has 0 aromatic carbocycles. The molecule has 0 N–H and O–H groups in total. The summed E-state index contributed by atoms with van der Waals surface area (Å²) < 4.78 is 16.9. The smallest absolute Gasteiger partial charge is 0.306 e. The van der Waals surface area contributed by atoms with Crippen molar-refractivity contribution in [1.29, 1.82) is 0 Å². The molecular formula is C57H108O6. The normalized spacial score (nSPS) is 12.0. The molecule has 63 heavy (non-hydrogen) atoms. The highest BCUT2D eigenvalue weighted by Gasteiger charge is 2.19. The predicted molar refractivity (Wildman–Crippen MR) is 270 cm³/mol. The van der Waals surface area contributed by atoms with Crippen LogP contribution in [0.5, 0.6) is 0 Å². The van der Waals surface area contributed by atoms with E-state index < -0.39 is 6.10 Å². The molecule has 0 radical (unpaired) electrons. The highest BCUT2D eigenvalue weighted by atomic mass is 16.6. The SMILES string of the molecule is CCCCCCCC/C=C\CCCCCCCCCC(=O)OC[C@@H](COC(=O)CCCCCCCCCCCCCCCC)OC(=O)CCCCCCCCCCCCCCCC. The lowest BCUT2D eigenvalue weighted by Gasteiger charge is -2.18. The van der Waals surface area contributed by atoms with Crippen LogP contribution in [0.3, 0.4) is 0 Å². The van der Waals surface area contributed by atoms with Crippen molar-refractivity contribution in [1.82, 2.24) is 0 Å². The summed E-state index contributed by atoms with van der Waals surface area (Å²) in [6, 6.07) is 0. The molecule has 0 spiro atoms. The number of unbranched alkanes of at least 4 members (excludes halogenated alkanes) is 39. The van der Waals surface area contributed by atoms with Crippen LogP contribution >= 0.6 is 0 Å². The Labute approximate surface area is 392 Å². The lowest BCUT2D eigenvalue weighted by Crippen LogP contribution is -2.30. The van der Waals surface area contributed by atoms with Crippen LogP contribution < -0.4 is 0 Å². The maximum absolute atomic E-state index is 12.8. The molecule has 0 saturated heterocycles. The van der Waals surface area contributed by atoms with E-state index in [4.69, 9.17) is 14.2 Å². The largest absolute Gasteiger partial charge is 0.462 e. The van der Waals surface area contributed by atoms with Gasteiger partial charge in [0.25, 0.3) is 0 Å². The first-order valence-electron chi connectivity index (χ1n) is 28.2. The van der Waals surface area contributed by atoms with Gasteiger partial charge in [-0.25, -0.2) is 0 Å². The van der Waals surface area contributed by atoms with Crippen LogP contribution in [0.1, 0.15) is 316 Å². The molecule has 0 fully saturated rings. The summed E-state index contributed by atoms with van der Waals surface area (Å²) in [6.45, 7) is 6.68. The lowest BCUT2D eigenvalue weighted by atomic mass is 10.0. The first kappa shape index (κ1) is 61.1. The molecule has 0 bridgehead atoms. The number of hydrogen-bond acceptors (Lipinski definition) is 6. The number of carbonyl (C=O) groups excluding carboxylic acids is 3. The fourth-order valence-electron chi connectivity index (χ4n) is 8.50. The minimum atomic E-state index is -0.765. The Bertz CT molecular complexity index is 978. The fraction of sp³-hybridized carbons (Fsp3) is 0.912. The minimum Gasteiger partial charge on any atom is -0.462 e. The molecule has 0 aliphatic heterocycles. The van der Waals surface area contributed by atoms with Gasteiger partial charge in [0.15, 0.2) is 6.10 Å². The van der Waals surface area contributed by atoms with Gasteiger partial charge in [-0.15, -0.1) is 0 Å². The van der Waals surface area contributed by atoms with Gasteiger partial charge < -0.3 is 14.2 Å². The van der Waals surface area contributed by atoms with Gasteiger partial charge >= 0.3 is 17.9 Å². The Morgan fingerprint density at radius 1 is 0.302 bits per heavy atom. The Hall–Kier alpha value is -1.85. The van der Waals surface area contributed by atoms with Crippen LogP contribution in [-0.4, -0.2) is 37.2 Å². The van der Waals surface area contributed by atoms with E-state index in [9.17, 15) is 14.4 Å². The van der Waals surface area contributed by atoms with Crippen molar-refractivity contribution in [2.75, 3.05) is 13.2 Å². The van der Waals surface area contributed by atoms with E-state index in [-0.39, 0.29) is 31.1 Å². The van der Waals surface area contributed by atoms with Crippen molar-refractivity contribution in [3.8, 4) is 0 Å². The van der Waals surface area contributed by atoms with E-state index in [1.807, 2.05) is 0 Å². The number of esters is 3.